The van der Waals surface area contributed by atoms with Crippen molar-refractivity contribution in [2.24, 2.45) is 0 Å². The highest BCUT2D eigenvalue weighted by Gasteiger charge is 2.28. The Balaban J connectivity index is 2.36. The summed E-state index contributed by atoms with van der Waals surface area (Å²) in [5, 5.41) is 10.8. The van der Waals surface area contributed by atoms with Crippen LogP contribution in [0.4, 0.5) is 8.78 Å². The van der Waals surface area contributed by atoms with Crippen molar-refractivity contribution in [3.8, 4) is 0 Å². The van der Waals surface area contributed by atoms with Crippen LogP contribution in [0.15, 0.2) is 46.9 Å². The van der Waals surface area contributed by atoms with E-state index in [0.29, 0.717) is 12.0 Å². The van der Waals surface area contributed by atoms with Gasteiger partial charge in [0.1, 0.15) is 11.6 Å². The van der Waals surface area contributed by atoms with Gasteiger partial charge in [-0.25, -0.2) is 8.78 Å². The molecule has 1 unspecified atom stereocenters. The highest BCUT2D eigenvalue weighted by Crippen LogP contribution is 2.31. The number of hydrogen-bond donors (Lipinski definition) is 1. The smallest absolute Gasteiger partial charge is 0.126 e. The molecule has 4 heteroatoms. The van der Waals surface area contributed by atoms with Crippen LogP contribution in [0.25, 0.3) is 0 Å². The zero-order valence-electron chi connectivity index (χ0n) is 11.0. The Morgan fingerprint density at radius 3 is 2.30 bits per heavy atom. The molecule has 0 bridgehead atoms. The lowest BCUT2D eigenvalue weighted by Gasteiger charge is -2.28. The van der Waals surface area contributed by atoms with E-state index in [-0.39, 0.29) is 6.42 Å². The summed E-state index contributed by atoms with van der Waals surface area (Å²) in [6.07, 6.45) is 0.607. The largest absolute Gasteiger partial charge is 0.385 e. The molecule has 2 rings (SSSR count). The van der Waals surface area contributed by atoms with Crippen molar-refractivity contribution in [1.82, 2.24) is 0 Å². The Labute approximate surface area is 125 Å². The number of benzene rings is 2. The second-order valence-electron chi connectivity index (χ2n) is 4.85. The molecule has 1 atom stereocenters. The van der Waals surface area contributed by atoms with Crippen molar-refractivity contribution in [3.63, 3.8) is 0 Å². The SMILES string of the molecule is CCC(O)(Cc1cc(F)cc(F)c1)c1cccc(Br)c1. The Hall–Kier alpha value is -1.26. The Morgan fingerprint density at radius 2 is 1.75 bits per heavy atom. The molecule has 0 radical (unpaired) electrons. The molecule has 0 amide bonds. The lowest BCUT2D eigenvalue weighted by molar-refractivity contribution is 0.0325. The summed E-state index contributed by atoms with van der Waals surface area (Å²) in [6, 6.07) is 10.6. The molecule has 0 aliphatic heterocycles. The van der Waals surface area contributed by atoms with E-state index in [2.05, 4.69) is 15.9 Å². The van der Waals surface area contributed by atoms with Gasteiger partial charge in [-0.2, -0.15) is 0 Å². The number of hydrogen-bond acceptors (Lipinski definition) is 1. The van der Waals surface area contributed by atoms with Crippen molar-refractivity contribution >= 4 is 15.9 Å². The van der Waals surface area contributed by atoms with Crippen molar-refractivity contribution in [3.05, 3.63) is 69.7 Å². The van der Waals surface area contributed by atoms with E-state index in [4.69, 9.17) is 0 Å². The van der Waals surface area contributed by atoms with Crippen LogP contribution in [-0.4, -0.2) is 5.11 Å². The molecule has 0 aliphatic rings. The van der Waals surface area contributed by atoms with Crippen LogP contribution in [-0.2, 0) is 12.0 Å². The van der Waals surface area contributed by atoms with Gasteiger partial charge in [-0.15, -0.1) is 0 Å². The normalized spacial score (nSPS) is 14.1. The van der Waals surface area contributed by atoms with E-state index in [1.54, 1.807) is 0 Å². The maximum atomic E-state index is 13.2. The molecule has 1 N–H and O–H groups in total. The average molecular weight is 341 g/mol. The van der Waals surface area contributed by atoms with Crippen LogP contribution >= 0.6 is 15.9 Å². The van der Waals surface area contributed by atoms with Crippen LogP contribution in [0.3, 0.4) is 0 Å². The maximum Gasteiger partial charge on any atom is 0.126 e. The number of aliphatic hydroxyl groups is 1. The van der Waals surface area contributed by atoms with Crippen LogP contribution in [0, 0.1) is 11.6 Å². The monoisotopic (exact) mass is 340 g/mol. The molecule has 0 aliphatic carbocycles. The van der Waals surface area contributed by atoms with E-state index in [0.717, 1.165) is 16.1 Å². The summed E-state index contributed by atoms with van der Waals surface area (Å²) in [4.78, 5) is 0. The predicted octanol–water partition coefficient (Wildman–Crippen LogP) is 4.57. The Bertz CT molecular complexity index is 595. The third-order valence-corrected chi connectivity index (χ3v) is 3.86. The molecule has 0 heterocycles. The quantitative estimate of drug-likeness (QED) is 0.864. The van der Waals surface area contributed by atoms with Crippen molar-refractivity contribution < 1.29 is 13.9 Å². The van der Waals surface area contributed by atoms with Crippen molar-refractivity contribution in [2.45, 2.75) is 25.4 Å². The lowest BCUT2D eigenvalue weighted by atomic mass is 9.85. The summed E-state index contributed by atoms with van der Waals surface area (Å²) >= 11 is 3.36. The zero-order chi connectivity index (χ0) is 14.8. The first-order valence-electron chi connectivity index (χ1n) is 6.36. The summed E-state index contributed by atoms with van der Waals surface area (Å²) in [5.74, 6) is -1.26. The fraction of sp³-hybridized carbons (Fsp3) is 0.250. The van der Waals surface area contributed by atoms with Gasteiger partial charge in [0.15, 0.2) is 0 Å². The van der Waals surface area contributed by atoms with Gasteiger partial charge in [0, 0.05) is 17.0 Å². The predicted molar refractivity (Wildman–Crippen MR) is 78.4 cm³/mol. The van der Waals surface area contributed by atoms with E-state index < -0.39 is 17.2 Å². The van der Waals surface area contributed by atoms with Gasteiger partial charge < -0.3 is 5.11 Å². The summed E-state index contributed by atoms with van der Waals surface area (Å²) in [6.45, 7) is 1.84. The van der Waals surface area contributed by atoms with Crippen LogP contribution < -0.4 is 0 Å². The summed E-state index contributed by atoms with van der Waals surface area (Å²) in [7, 11) is 0. The van der Waals surface area contributed by atoms with Gasteiger partial charge in [-0.05, 0) is 41.8 Å². The van der Waals surface area contributed by atoms with Crippen LogP contribution in [0.2, 0.25) is 0 Å². The second kappa shape index (κ2) is 6.02. The standard InChI is InChI=1S/C16H15BrF2O/c1-2-16(20,12-4-3-5-13(17)8-12)10-11-6-14(18)9-15(19)7-11/h3-9,20H,2,10H2,1H3. The molecule has 0 saturated heterocycles. The average Bonchev–Trinajstić information content (AvgIpc) is 2.37. The molecule has 2 aromatic rings. The maximum absolute atomic E-state index is 13.2. The minimum Gasteiger partial charge on any atom is -0.385 e. The van der Waals surface area contributed by atoms with Gasteiger partial charge >= 0.3 is 0 Å². The van der Waals surface area contributed by atoms with Gasteiger partial charge in [-0.1, -0.05) is 35.0 Å². The van der Waals surface area contributed by atoms with Gasteiger partial charge in [0.05, 0.1) is 5.60 Å². The van der Waals surface area contributed by atoms with E-state index >= 15 is 0 Å². The van der Waals surface area contributed by atoms with Crippen LogP contribution in [0.5, 0.6) is 0 Å². The molecule has 106 valence electrons. The van der Waals surface area contributed by atoms with Gasteiger partial charge in [0.2, 0.25) is 0 Å². The Kier molecular flexibility index (Phi) is 4.55. The molecular weight excluding hydrogens is 326 g/mol. The number of halogens is 3. The van der Waals surface area contributed by atoms with E-state index in [9.17, 15) is 13.9 Å². The first kappa shape index (κ1) is 15.1. The van der Waals surface area contributed by atoms with Crippen molar-refractivity contribution in [2.75, 3.05) is 0 Å². The first-order valence-corrected chi connectivity index (χ1v) is 7.15. The van der Waals surface area contributed by atoms with Gasteiger partial charge in [-0.3, -0.25) is 0 Å². The Morgan fingerprint density at radius 1 is 1.10 bits per heavy atom. The summed E-state index contributed by atoms with van der Waals surface area (Å²) < 4.78 is 27.3. The molecule has 0 fully saturated rings. The first-order chi connectivity index (χ1) is 9.43. The highest BCUT2D eigenvalue weighted by atomic mass is 79.9. The number of rotatable bonds is 4. The molecule has 2 aromatic carbocycles. The third-order valence-electron chi connectivity index (χ3n) is 3.37. The molecular formula is C16H15BrF2O. The highest BCUT2D eigenvalue weighted by molar-refractivity contribution is 9.10. The fourth-order valence-electron chi connectivity index (χ4n) is 2.26. The molecule has 20 heavy (non-hydrogen) atoms. The fourth-order valence-corrected chi connectivity index (χ4v) is 2.66. The van der Waals surface area contributed by atoms with Crippen LogP contribution in [0.1, 0.15) is 24.5 Å². The minimum absolute atomic E-state index is 0.161. The summed E-state index contributed by atoms with van der Waals surface area (Å²) in [5.41, 5.74) is 0.00942. The minimum atomic E-state index is -1.15. The third kappa shape index (κ3) is 3.44. The molecule has 0 aromatic heterocycles. The molecule has 0 saturated carbocycles. The second-order valence-corrected chi connectivity index (χ2v) is 5.77. The molecule has 0 spiro atoms. The molecule has 1 nitrogen and oxygen atoms in total. The van der Waals surface area contributed by atoms with E-state index in [1.165, 1.54) is 12.1 Å². The van der Waals surface area contributed by atoms with E-state index in [1.807, 2.05) is 31.2 Å². The zero-order valence-corrected chi connectivity index (χ0v) is 12.6. The van der Waals surface area contributed by atoms with Gasteiger partial charge in [0.25, 0.3) is 0 Å². The topological polar surface area (TPSA) is 20.2 Å². The van der Waals surface area contributed by atoms with Crippen molar-refractivity contribution in [1.29, 1.82) is 0 Å². The lowest BCUT2D eigenvalue weighted by Crippen LogP contribution is -2.27.